The first-order valence-electron chi connectivity index (χ1n) is 8.08. The summed E-state index contributed by atoms with van der Waals surface area (Å²) in [6, 6.07) is 13.4. The number of ketones is 1. The monoisotopic (exact) mass is 369 g/mol. The molecule has 0 bridgehead atoms. The molecule has 0 N–H and O–H groups in total. The summed E-state index contributed by atoms with van der Waals surface area (Å²) in [4.78, 5) is 26.1. The van der Waals surface area contributed by atoms with Crippen molar-refractivity contribution >= 4 is 23.3 Å². The van der Waals surface area contributed by atoms with Crippen LogP contribution in [0.1, 0.15) is 15.9 Å². The maximum atomic E-state index is 12.4. The summed E-state index contributed by atoms with van der Waals surface area (Å²) in [6.07, 6.45) is 3.30. The Morgan fingerprint density at radius 3 is 1.92 bits per heavy atom. The molecule has 0 radical (unpaired) electrons. The second-order valence-electron chi connectivity index (χ2n) is 5.53. The lowest BCUT2D eigenvalue weighted by atomic mass is 10.0. The van der Waals surface area contributed by atoms with E-state index >= 15 is 0 Å². The maximum absolute atomic E-state index is 12.4. The number of rotatable bonds is 9. The third-order valence-electron chi connectivity index (χ3n) is 3.64. The molecule has 4 nitrogen and oxygen atoms in total. The number of nitrogens with zero attached hydrogens (tertiary/aromatic N) is 1. The van der Waals surface area contributed by atoms with Crippen LogP contribution >= 0.6 is 11.6 Å². The number of amides is 1. The van der Waals surface area contributed by atoms with Gasteiger partial charge in [0, 0.05) is 29.2 Å². The van der Waals surface area contributed by atoms with Crippen LogP contribution < -0.4 is 4.74 Å². The van der Waals surface area contributed by atoms with E-state index in [1.807, 2.05) is 0 Å². The molecule has 0 saturated carbocycles. The van der Waals surface area contributed by atoms with Crippen molar-refractivity contribution in [3.05, 3.63) is 90.0 Å². The Kier molecular flexibility index (Phi) is 7.18. The van der Waals surface area contributed by atoms with Crippen molar-refractivity contribution in [1.82, 2.24) is 4.90 Å². The van der Waals surface area contributed by atoms with Crippen LogP contribution in [-0.4, -0.2) is 36.3 Å². The lowest BCUT2D eigenvalue weighted by Gasteiger charge is -2.19. The highest BCUT2D eigenvalue weighted by Crippen LogP contribution is 2.17. The van der Waals surface area contributed by atoms with Gasteiger partial charge >= 0.3 is 0 Å². The summed E-state index contributed by atoms with van der Waals surface area (Å²) < 4.78 is 5.51. The molecule has 0 saturated heterocycles. The summed E-state index contributed by atoms with van der Waals surface area (Å²) in [5, 5.41) is 0.580. The molecule has 2 rings (SSSR count). The van der Waals surface area contributed by atoms with Crippen LogP contribution in [0.5, 0.6) is 5.75 Å². The second kappa shape index (κ2) is 9.59. The van der Waals surface area contributed by atoms with Crippen LogP contribution in [0.3, 0.4) is 0 Å². The summed E-state index contributed by atoms with van der Waals surface area (Å²) in [6.45, 7) is 8.04. The number of benzene rings is 2. The Morgan fingerprint density at radius 2 is 1.42 bits per heavy atom. The summed E-state index contributed by atoms with van der Waals surface area (Å²) in [5.41, 5.74) is 1.09. The van der Waals surface area contributed by atoms with Gasteiger partial charge in [-0.05, 0) is 48.5 Å². The smallest absolute Gasteiger partial charge is 0.261 e. The van der Waals surface area contributed by atoms with Crippen LogP contribution in [-0.2, 0) is 4.79 Å². The van der Waals surface area contributed by atoms with Gasteiger partial charge in [0.05, 0.1) is 0 Å². The number of carbonyl (C=O) groups excluding carboxylic acids is 2. The SMILES string of the molecule is C=CCN(CC=C)C(=O)COc1ccc(C(=O)c2ccc(Cl)cc2)cc1. The van der Waals surface area contributed by atoms with Gasteiger partial charge in [-0.1, -0.05) is 23.8 Å². The van der Waals surface area contributed by atoms with Crippen LogP contribution in [0.15, 0.2) is 73.8 Å². The summed E-state index contributed by atoms with van der Waals surface area (Å²) >= 11 is 5.84. The Hall–Kier alpha value is -2.85. The fourth-order valence-corrected chi connectivity index (χ4v) is 2.42. The minimum atomic E-state index is -0.161. The Bertz CT molecular complexity index is 772. The Labute approximate surface area is 158 Å². The van der Waals surface area contributed by atoms with E-state index in [1.165, 1.54) is 0 Å². The van der Waals surface area contributed by atoms with Crippen molar-refractivity contribution in [3.8, 4) is 5.75 Å². The van der Waals surface area contributed by atoms with E-state index in [0.29, 0.717) is 35.0 Å². The van der Waals surface area contributed by atoms with Crippen molar-refractivity contribution in [2.45, 2.75) is 0 Å². The van der Waals surface area contributed by atoms with E-state index in [0.717, 1.165) is 0 Å². The molecule has 0 atom stereocenters. The zero-order valence-electron chi connectivity index (χ0n) is 14.4. The first-order chi connectivity index (χ1) is 12.5. The molecule has 0 fully saturated rings. The van der Waals surface area contributed by atoms with Crippen LogP contribution in [0.2, 0.25) is 5.02 Å². The average Bonchev–Trinajstić information content (AvgIpc) is 2.66. The third kappa shape index (κ3) is 5.33. The van der Waals surface area contributed by atoms with Crippen molar-refractivity contribution < 1.29 is 14.3 Å². The van der Waals surface area contributed by atoms with Gasteiger partial charge in [-0.3, -0.25) is 9.59 Å². The standard InChI is InChI=1S/C21H20ClNO3/c1-3-13-23(14-4-2)20(24)15-26-19-11-7-17(8-12-19)21(25)16-5-9-18(22)10-6-16/h3-12H,1-2,13-15H2. The highest BCUT2D eigenvalue weighted by molar-refractivity contribution is 6.30. The quantitative estimate of drug-likeness (QED) is 0.492. The number of hydrogen-bond donors (Lipinski definition) is 0. The highest BCUT2D eigenvalue weighted by atomic mass is 35.5. The van der Waals surface area contributed by atoms with Gasteiger partial charge < -0.3 is 9.64 Å². The van der Waals surface area contributed by atoms with E-state index in [2.05, 4.69) is 13.2 Å². The van der Waals surface area contributed by atoms with E-state index in [1.54, 1.807) is 65.6 Å². The van der Waals surface area contributed by atoms with Gasteiger partial charge in [-0.15, -0.1) is 13.2 Å². The molecule has 134 valence electrons. The third-order valence-corrected chi connectivity index (χ3v) is 3.89. The minimum Gasteiger partial charge on any atom is -0.484 e. The largest absolute Gasteiger partial charge is 0.484 e. The topological polar surface area (TPSA) is 46.6 Å². The zero-order chi connectivity index (χ0) is 18.9. The number of halogens is 1. The molecule has 0 spiro atoms. The van der Waals surface area contributed by atoms with Gasteiger partial charge in [0.25, 0.3) is 5.91 Å². The molecule has 0 aliphatic heterocycles. The first-order valence-corrected chi connectivity index (χ1v) is 8.45. The van der Waals surface area contributed by atoms with E-state index < -0.39 is 0 Å². The summed E-state index contributed by atoms with van der Waals surface area (Å²) in [5.74, 6) is 0.252. The van der Waals surface area contributed by atoms with Crippen LogP contribution in [0, 0.1) is 0 Å². The van der Waals surface area contributed by atoms with Gasteiger partial charge in [0.15, 0.2) is 12.4 Å². The lowest BCUT2D eigenvalue weighted by molar-refractivity contribution is -0.132. The molecule has 0 heterocycles. The minimum absolute atomic E-state index is 0.0911. The van der Waals surface area contributed by atoms with Crippen molar-refractivity contribution in [1.29, 1.82) is 0 Å². The molecule has 1 amide bonds. The van der Waals surface area contributed by atoms with Gasteiger partial charge in [0.1, 0.15) is 5.75 Å². The lowest BCUT2D eigenvalue weighted by Crippen LogP contribution is -2.35. The molecule has 2 aromatic rings. The van der Waals surface area contributed by atoms with Crippen LogP contribution in [0.25, 0.3) is 0 Å². The molecule has 2 aromatic carbocycles. The number of ether oxygens (including phenoxy) is 1. The van der Waals surface area contributed by atoms with E-state index in [-0.39, 0.29) is 18.3 Å². The van der Waals surface area contributed by atoms with E-state index in [9.17, 15) is 9.59 Å². The molecule has 0 aliphatic carbocycles. The molecule has 26 heavy (non-hydrogen) atoms. The van der Waals surface area contributed by atoms with Crippen molar-refractivity contribution in [3.63, 3.8) is 0 Å². The highest BCUT2D eigenvalue weighted by Gasteiger charge is 2.12. The van der Waals surface area contributed by atoms with Gasteiger partial charge in [-0.25, -0.2) is 0 Å². The van der Waals surface area contributed by atoms with Gasteiger partial charge in [-0.2, -0.15) is 0 Å². The molecule has 0 aliphatic rings. The number of hydrogen-bond acceptors (Lipinski definition) is 3. The average molecular weight is 370 g/mol. The van der Waals surface area contributed by atoms with E-state index in [4.69, 9.17) is 16.3 Å². The first kappa shape index (κ1) is 19.5. The predicted octanol–water partition coefficient (Wildman–Crippen LogP) is 4.15. The Morgan fingerprint density at radius 1 is 0.923 bits per heavy atom. The molecule has 0 unspecified atom stereocenters. The fraction of sp³-hybridized carbons (Fsp3) is 0.143. The van der Waals surface area contributed by atoms with Crippen LogP contribution in [0.4, 0.5) is 0 Å². The predicted molar refractivity (Wildman–Crippen MR) is 104 cm³/mol. The number of carbonyl (C=O) groups is 2. The zero-order valence-corrected chi connectivity index (χ0v) is 15.1. The van der Waals surface area contributed by atoms with Gasteiger partial charge in [0.2, 0.25) is 0 Å². The normalized spacial score (nSPS) is 10.0. The molecular formula is C21H20ClNO3. The second-order valence-corrected chi connectivity index (χ2v) is 5.96. The molecule has 0 aromatic heterocycles. The van der Waals surface area contributed by atoms with Crippen molar-refractivity contribution in [2.75, 3.05) is 19.7 Å². The fourth-order valence-electron chi connectivity index (χ4n) is 2.30. The molecule has 5 heteroatoms. The van der Waals surface area contributed by atoms with Crippen molar-refractivity contribution in [2.24, 2.45) is 0 Å². The molecular weight excluding hydrogens is 350 g/mol. The summed E-state index contributed by atoms with van der Waals surface area (Å²) in [7, 11) is 0. The maximum Gasteiger partial charge on any atom is 0.261 e. The Balaban J connectivity index is 1.97.